The van der Waals surface area contributed by atoms with Crippen molar-refractivity contribution in [1.82, 2.24) is 9.47 Å². The molecule has 0 aromatic carbocycles. The lowest BCUT2D eigenvalue weighted by Crippen LogP contribution is -2.53. The third-order valence-electron chi connectivity index (χ3n) is 2.72. The summed E-state index contributed by atoms with van der Waals surface area (Å²) >= 11 is 0. The number of hydrogen-bond acceptors (Lipinski definition) is 3. The Morgan fingerprint density at radius 2 is 2.29 bits per heavy atom. The number of aryl methyl sites for hydroxylation is 1. The minimum absolute atomic E-state index is 0.148. The van der Waals surface area contributed by atoms with Crippen LogP contribution in [0, 0.1) is 0 Å². The molecule has 0 saturated carbocycles. The van der Waals surface area contributed by atoms with Gasteiger partial charge in [-0.2, -0.15) is 0 Å². The molecule has 2 heterocycles. The summed E-state index contributed by atoms with van der Waals surface area (Å²) < 4.78 is 1.36. The van der Waals surface area contributed by atoms with Gasteiger partial charge in [0.05, 0.1) is 6.04 Å². The lowest BCUT2D eigenvalue weighted by molar-refractivity contribution is 0.0606. The average molecular weight is 233 g/mol. The summed E-state index contributed by atoms with van der Waals surface area (Å²) in [4.78, 5) is 27.8. The summed E-state index contributed by atoms with van der Waals surface area (Å²) in [5.41, 5.74) is 8.06. The highest BCUT2D eigenvalue weighted by Gasteiger charge is 2.31. The van der Waals surface area contributed by atoms with Crippen LogP contribution in [-0.2, 0) is 7.05 Å². The van der Waals surface area contributed by atoms with E-state index in [1.54, 1.807) is 19.3 Å². The number of amides is 1. The molecule has 88 valence electrons. The van der Waals surface area contributed by atoms with E-state index in [1.165, 1.54) is 15.5 Å². The normalized spacial score (nSPS) is 15.0. The zero-order chi connectivity index (χ0) is 12.4. The van der Waals surface area contributed by atoms with Gasteiger partial charge in [0.25, 0.3) is 11.5 Å². The Hall–Kier alpha value is -2.27. The van der Waals surface area contributed by atoms with Crippen molar-refractivity contribution in [2.24, 2.45) is 12.2 Å². The highest BCUT2D eigenvalue weighted by atomic mass is 16.2. The van der Waals surface area contributed by atoms with E-state index in [0.29, 0.717) is 13.1 Å². The van der Waals surface area contributed by atoms with E-state index in [9.17, 15) is 9.59 Å². The molecule has 1 aromatic heterocycles. The second kappa shape index (κ2) is 4.31. The predicted molar refractivity (Wildman–Crippen MR) is 60.5 cm³/mol. The summed E-state index contributed by atoms with van der Waals surface area (Å²) in [6, 6.07) is 2.99. The summed E-state index contributed by atoms with van der Waals surface area (Å²) in [5.74, 6) is -0.310. The maximum absolute atomic E-state index is 11.9. The number of nitrogens with zero attached hydrogens (tertiary/aromatic N) is 5. The maximum Gasteiger partial charge on any atom is 0.263 e. The van der Waals surface area contributed by atoms with E-state index >= 15 is 0 Å². The van der Waals surface area contributed by atoms with Crippen molar-refractivity contribution in [3.05, 3.63) is 44.7 Å². The minimum atomic E-state index is -0.315. The fraction of sp³-hybridized carbons (Fsp3) is 0.400. The topological polar surface area (TPSA) is 91.1 Å². The molecule has 1 amide bonds. The largest absolute Gasteiger partial charge is 0.338 e. The number of rotatable bonds is 2. The summed E-state index contributed by atoms with van der Waals surface area (Å²) in [6.45, 7) is 0.752. The number of aromatic nitrogens is 1. The van der Waals surface area contributed by atoms with Gasteiger partial charge < -0.3 is 9.47 Å². The molecule has 1 saturated heterocycles. The van der Waals surface area contributed by atoms with Crippen LogP contribution in [-0.4, -0.2) is 34.5 Å². The molecule has 1 aliphatic heterocycles. The van der Waals surface area contributed by atoms with Crippen LogP contribution in [0.5, 0.6) is 0 Å². The van der Waals surface area contributed by atoms with Gasteiger partial charge in [0.1, 0.15) is 5.56 Å². The Morgan fingerprint density at radius 3 is 2.94 bits per heavy atom. The number of carbonyl (C=O) groups excluding carboxylic acids is 1. The number of azide groups is 1. The van der Waals surface area contributed by atoms with Crippen molar-refractivity contribution in [2.75, 3.05) is 13.1 Å². The molecule has 0 bridgehead atoms. The first-order valence-electron chi connectivity index (χ1n) is 5.12. The van der Waals surface area contributed by atoms with Crippen LogP contribution in [0.2, 0.25) is 0 Å². The molecule has 1 fully saturated rings. The SMILES string of the molecule is Cn1cccc(C(=O)N2CC(N=[N+]=[N-])C2)c1=O. The molecule has 0 aliphatic carbocycles. The van der Waals surface area contributed by atoms with Crippen LogP contribution in [0.3, 0.4) is 0 Å². The lowest BCUT2D eigenvalue weighted by atomic mass is 10.1. The molecule has 0 atom stereocenters. The number of hydrogen-bond donors (Lipinski definition) is 0. The molecule has 0 unspecified atom stereocenters. The average Bonchev–Trinajstić information content (AvgIpc) is 2.26. The molecular weight excluding hydrogens is 222 g/mol. The van der Waals surface area contributed by atoms with E-state index in [1.807, 2.05) is 0 Å². The van der Waals surface area contributed by atoms with Gasteiger partial charge in [-0.25, -0.2) is 0 Å². The maximum atomic E-state index is 11.9. The first-order chi connectivity index (χ1) is 8.13. The van der Waals surface area contributed by atoms with E-state index in [4.69, 9.17) is 5.53 Å². The van der Waals surface area contributed by atoms with Crippen LogP contribution < -0.4 is 5.56 Å². The molecule has 1 aliphatic rings. The Morgan fingerprint density at radius 1 is 1.59 bits per heavy atom. The van der Waals surface area contributed by atoms with E-state index in [0.717, 1.165) is 0 Å². The first-order valence-corrected chi connectivity index (χ1v) is 5.12. The second-order valence-electron chi connectivity index (χ2n) is 3.91. The highest BCUT2D eigenvalue weighted by molar-refractivity contribution is 5.94. The van der Waals surface area contributed by atoms with Crippen LogP contribution >= 0.6 is 0 Å². The lowest BCUT2D eigenvalue weighted by Gasteiger charge is -2.36. The van der Waals surface area contributed by atoms with E-state index < -0.39 is 0 Å². The van der Waals surface area contributed by atoms with Crippen LogP contribution in [0.4, 0.5) is 0 Å². The Balaban J connectivity index is 2.15. The quantitative estimate of drug-likeness (QED) is 0.423. The monoisotopic (exact) mass is 233 g/mol. The third kappa shape index (κ3) is 2.00. The smallest absolute Gasteiger partial charge is 0.263 e. The molecule has 0 radical (unpaired) electrons. The van der Waals surface area contributed by atoms with Gasteiger partial charge in [-0.3, -0.25) is 9.59 Å². The van der Waals surface area contributed by atoms with Gasteiger partial charge in [-0.05, 0) is 17.7 Å². The van der Waals surface area contributed by atoms with Crippen molar-refractivity contribution in [3.63, 3.8) is 0 Å². The molecule has 0 N–H and O–H groups in total. The highest BCUT2D eigenvalue weighted by Crippen LogP contribution is 2.14. The minimum Gasteiger partial charge on any atom is -0.338 e. The van der Waals surface area contributed by atoms with Gasteiger partial charge in [0, 0.05) is 31.2 Å². The van der Waals surface area contributed by atoms with Gasteiger partial charge >= 0.3 is 0 Å². The standard InChI is InChI=1S/C10H11N5O2/c1-14-4-2-3-8(9(14)16)10(17)15-5-7(6-15)12-13-11/h2-4,7H,5-6H2,1H3. The van der Waals surface area contributed by atoms with Gasteiger partial charge in [-0.1, -0.05) is 5.11 Å². The van der Waals surface area contributed by atoms with E-state index in [2.05, 4.69) is 10.0 Å². The molecule has 17 heavy (non-hydrogen) atoms. The second-order valence-corrected chi connectivity index (χ2v) is 3.91. The number of carbonyl (C=O) groups is 1. The number of pyridine rings is 1. The fourth-order valence-electron chi connectivity index (χ4n) is 1.70. The van der Waals surface area contributed by atoms with Crippen LogP contribution in [0.15, 0.2) is 28.2 Å². The van der Waals surface area contributed by atoms with Gasteiger partial charge in [0.15, 0.2) is 0 Å². The Kier molecular flexibility index (Phi) is 2.84. The van der Waals surface area contributed by atoms with Crippen molar-refractivity contribution < 1.29 is 4.79 Å². The van der Waals surface area contributed by atoms with Crippen molar-refractivity contribution >= 4 is 5.91 Å². The molecular formula is C10H11N5O2. The molecule has 1 aromatic rings. The Bertz CT molecular complexity index is 552. The molecule has 7 heteroatoms. The zero-order valence-corrected chi connectivity index (χ0v) is 9.28. The predicted octanol–water partition coefficient (Wildman–Crippen LogP) is 0.520. The summed E-state index contributed by atoms with van der Waals surface area (Å²) in [7, 11) is 1.60. The molecule has 2 rings (SSSR count). The van der Waals surface area contributed by atoms with Gasteiger partial charge in [-0.15, -0.1) is 0 Å². The first kappa shape index (κ1) is 11.2. The molecule has 7 nitrogen and oxygen atoms in total. The number of likely N-dealkylation sites (tertiary alicyclic amines) is 1. The third-order valence-corrected chi connectivity index (χ3v) is 2.72. The van der Waals surface area contributed by atoms with Crippen molar-refractivity contribution in [3.8, 4) is 0 Å². The van der Waals surface area contributed by atoms with Crippen LogP contribution in [0.1, 0.15) is 10.4 Å². The van der Waals surface area contributed by atoms with Crippen molar-refractivity contribution in [2.45, 2.75) is 6.04 Å². The Labute approximate surface area is 96.9 Å². The molecule has 0 spiro atoms. The van der Waals surface area contributed by atoms with Crippen LogP contribution in [0.25, 0.3) is 10.4 Å². The van der Waals surface area contributed by atoms with E-state index in [-0.39, 0.29) is 23.1 Å². The summed E-state index contributed by atoms with van der Waals surface area (Å²) in [5, 5.41) is 3.50. The summed E-state index contributed by atoms with van der Waals surface area (Å²) in [6.07, 6.45) is 1.60. The van der Waals surface area contributed by atoms with Crippen molar-refractivity contribution in [1.29, 1.82) is 0 Å². The zero-order valence-electron chi connectivity index (χ0n) is 9.28. The van der Waals surface area contributed by atoms with Gasteiger partial charge in [0.2, 0.25) is 0 Å². The fourth-order valence-corrected chi connectivity index (χ4v) is 1.70.